The number of imidazole rings is 1. The van der Waals surface area contributed by atoms with E-state index in [2.05, 4.69) is 20.1 Å². The van der Waals surface area contributed by atoms with E-state index < -0.39 is 23.2 Å². The molecule has 7 nitrogen and oxygen atoms in total. The minimum absolute atomic E-state index is 0.0395. The molecule has 148 valence electrons. The summed E-state index contributed by atoms with van der Waals surface area (Å²) in [5.41, 5.74) is -0.441. The molecular formula is C20H18F2N6O. The summed E-state index contributed by atoms with van der Waals surface area (Å²) in [5.74, 6) is -2.19. The van der Waals surface area contributed by atoms with Crippen molar-refractivity contribution in [2.75, 3.05) is 0 Å². The molecule has 0 unspecified atom stereocenters. The molecule has 1 N–H and O–H groups in total. The van der Waals surface area contributed by atoms with Crippen molar-refractivity contribution in [2.45, 2.75) is 25.0 Å². The second-order valence-electron chi connectivity index (χ2n) is 6.77. The van der Waals surface area contributed by atoms with E-state index in [4.69, 9.17) is 0 Å². The molecule has 4 aromatic rings. The van der Waals surface area contributed by atoms with E-state index in [-0.39, 0.29) is 12.1 Å². The van der Waals surface area contributed by atoms with Crippen LogP contribution in [0.15, 0.2) is 67.9 Å². The molecule has 0 aliphatic rings. The summed E-state index contributed by atoms with van der Waals surface area (Å²) in [6, 6.07) is 6.71. The predicted molar refractivity (Wildman–Crippen MR) is 100 cm³/mol. The van der Waals surface area contributed by atoms with Gasteiger partial charge in [0.2, 0.25) is 0 Å². The maximum atomic E-state index is 14.6. The molecule has 0 radical (unpaired) electrons. The average molecular weight is 396 g/mol. The first kappa shape index (κ1) is 18.9. The third kappa shape index (κ3) is 3.64. The van der Waals surface area contributed by atoms with Gasteiger partial charge < -0.3 is 9.67 Å². The molecule has 0 amide bonds. The quantitative estimate of drug-likeness (QED) is 0.542. The molecule has 0 aliphatic heterocycles. The smallest absolute Gasteiger partial charge is 0.137 e. The molecule has 0 bridgehead atoms. The summed E-state index contributed by atoms with van der Waals surface area (Å²) in [4.78, 5) is 12.3. The number of benzene rings is 1. The fourth-order valence-electron chi connectivity index (χ4n) is 3.32. The molecule has 29 heavy (non-hydrogen) atoms. The van der Waals surface area contributed by atoms with Crippen LogP contribution in [0, 0.1) is 11.6 Å². The Bertz CT molecular complexity index is 1080. The van der Waals surface area contributed by atoms with Crippen LogP contribution in [0.4, 0.5) is 8.78 Å². The minimum atomic E-state index is -1.74. The normalized spacial score (nSPS) is 14.5. The van der Waals surface area contributed by atoms with Crippen LogP contribution in [0.3, 0.4) is 0 Å². The van der Waals surface area contributed by atoms with Gasteiger partial charge in [-0.25, -0.2) is 23.4 Å². The highest BCUT2D eigenvalue weighted by atomic mass is 19.1. The van der Waals surface area contributed by atoms with Crippen LogP contribution < -0.4 is 0 Å². The van der Waals surface area contributed by atoms with Crippen LogP contribution in [-0.2, 0) is 12.1 Å². The summed E-state index contributed by atoms with van der Waals surface area (Å²) in [6.07, 6.45) is 9.48. The molecule has 1 aromatic carbocycles. The maximum Gasteiger partial charge on any atom is 0.137 e. The number of hydrogen-bond acceptors (Lipinski definition) is 5. The van der Waals surface area contributed by atoms with E-state index in [1.807, 2.05) is 6.07 Å². The molecular weight excluding hydrogens is 378 g/mol. The van der Waals surface area contributed by atoms with E-state index in [1.54, 1.807) is 42.5 Å². The second-order valence-corrected chi connectivity index (χ2v) is 6.77. The Morgan fingerprint density at radius 2 is 2.00 bits per heavy atom. The molecule has 4 rings (SSSR count). The fraction of sp³-hybridized carbons (Fsp3) is 0.200. The summed E-state index contributed by atoms with van der Waals surface area (Å²) in [6.45, 7) is 1.65. The summed E-state index contributed by atoms with van der Waals surface area (Å²) < 4.78 is 31.3. The lowest BCUT2D eigenvalue weighted by molar-refractivity contribution is -0.0123. The third-order valence-electron chi connectivity index (χ3n) is 5.00. The SMILES string of the molecule is C[C@@H](c1ccc(-n2ccnc2)cn1)[C@](O)(Cn1cncn1)c1ccc(F)cc1F. The summed E-state index contributed by atoms with van der Waals surface area (Å²) in [7, 11) is 0. The summed E-state index contributed by atoms with van der Waals surface area (Å²) >= 11 is 0. The first-order valence-corrected chi connectivity index (χ1v) is 8.92. The van der Waals surface area contributed by atoms with Crippen molar-refractivity contribution in [1.82, 2.24) is 29.3 Å². The highest BCUT2D eigenvalue weighted by molar-refractivity contribution is 5.34. The number of rotatable bonds is 6. The van der Waals surface area contributed by atoms with Crippen molar-refractivity contribution < 1.29 is 13.9 Å². The lowest BCUT2D eigenvalue weighted by Gasteiger charge is -2.34. The van der Waals surface area contributed by atoms with Crippen molar-refractivity contribution in [3.8, 4) is 5.69 Å². The van der Waals surface area contributed by atoms with Gasteiger partial charge in [0.15, 0.2) is 0 Å². The van der Waals surface area contributed by atoms with Crippen LogP contribution in [0.25, 0.3) is 5.69 Å². The van der Waals surface area contributed by atoms with Gasteiger partial charge in [0, 0.05) is 35.6 Å². The van der Waals surface area contributed by atoms with Crippen molar-refractivity contribution >= 4 is 0 Å². The number of hydrogen-bond donors (Lipinski definition) is 1. The predicted octanol–water partition coefficient (Wildman–Crippen LogP) is 2.83. The molecule has 3 aromatic heterocycles. The zero-order valence-electron chi connectivity index (χ0n) is 15.5. The third-order valence-corrected chi connectivity index (χ3v) is 5.00. The van der Waals surface area contributed by atoms with Gasteiger partial charge in [-0.1, -0.05) is 13.0 Å². The van der Waals surface area contributed by atoms with Crippen molar-refractivity contribution in [1.29, 1.82) is 0 Å². The molecule has 3 heterocycles. The number of halogens is 2. The first-order valence-electron chi connectivity index (χ1n) is 8.92. The van der Waals surface area contributed by atoms with E-state index in [0.29, 0.717) is 5.69 Å². The largest absolute Gasteiger partial charge is 0.382 e. The first-order chi connectivity index (χ1) is 14.0. The molecule has 0 saturated carbocycles. The number of aromatic nitrogens is 6. The van der Waals surface area contributed by atoms with Crippen LogP contribution in [0.1, 0.15) is 24.1 Å². The van der Waals surface area contributed by atoms with Crippen molar-refractivity contribution in [3.05, 3.63) is 90.8 Å². The molecule has 2 atom stereocenters. The van der Waals surface area contributed by atoms with Gasteiger partial charge in [-0.05, 0) is 18.2 Å². The Morgan fingerprint density at radius 1 is 1.14 bits per heavy atom. The zero-order chi connectivity index (χ0) is 20.4. The highest BCUT2D eigenvalue weighted by Gasteiger charge is 2.40. The molecule has 0 aliphatic carbocycles. The summed E-state index contributed by atoms with van der Waals surface area (Å²) in [5, 5.41) is 15.6. The Morgan fingerprint density at radius 3 is 2.62 bits per heavy atom. The Balaban J connectivity index is 1.74. The van der Waals surface area contributed by atoms with E-state index >= 15 is 0 Å². The molecule has 0 fully saturated rings. The minimum Gasteiger partial charge on any atom is -0.382 e. The fourth-order valence-corrected chi connectivity index (χ4v) is 3.32. The van der Waals surface area contributed by atoms with Crippen LogP contribution in [0.5, 0.6) is 0 Å². The lowest BCUT2D eigenvalue weighted by Crippen LogP contribution is -2.38. The van der Waals surface area contributed by atoms with Gasteiger partial charge >= 0.3 is 0 Å². The number of nitrogens with zero attached hydrogens (tertiary/aromatic N) is 6. The van der Waals surface area contributed by atoms with Gasteiger partial charge in [0.25, 0.3) is 0 Å². The van der Waals surface area contributed by atoms with E-state index in [1.165, 1.54) is 23.4 Å². The average Bonchev–Trinajstić information content (AvgIpc) is 3.41. The topological polar surface area (TPSA) is 81.6 Å². The Hall–Kier alpha value is -3.46. The van der Waals surface area contributed by atoms with Gasteiger partial charge in [0.1, 0.15) is 29.9 Å². The van der Waals surface area contributed by atoms with Crippen LogP contribution in [0.2, 0.25) is 0 Å². The van der Waals surface area contributed by atoms with E-state index in [0.717, 1.165) is 17.8 Å². The van der Waals surface area contributed by atoms with Gasteiger partial charge in [-0.15, -0.1) is 0 Å². The van der Waals surface area contributed by atoms with Crippen molar-refractivity contribution in [3.63, 3.8) is 0 Å². The Labute approximate surface area is 165 Å². The zero-order valence-corrected chi connectivity index (χ0v) is 15.5. The highest BCUT2D eigenvalue weighted by Crippen LogP contribution is 2.39. The number of pyridine rings is 1. The monoisotopic (exact) mass is 396 g/mol. The Kier molecular flexibility index (Phi) is 4.89. The van der Waals surface area contributed by atoms with Crippen LogP contribution in [-0.4, -0.2) is 34.4 Å². The van der Waals surface area contributed by atoms with Crippen LogP contribution >= 0.6 is 0 Å². The molecule has 0 spiro atoms. The molecule has 0 saturated heterocycles. The maximum absolute atomic E-state index is 14.6. The molecule has 9 heteroatoms. The standard InChI is InChI=1S/C20H18F2N6O/c1-14(19-5-3-16(9-25-19)27-7-6-23-12-27)20(29,10-28-13-24-11-26-28)17-4-2-15(21)8-18(17)22/h2-9,11-14,29H,10H2,1H3/t14-,20+/m0/s1. The second kappa shape index (κ2) is 7.51. The van der Waals surface area contributed by atoms with Gasteiger partial charge in [-0.2, -0.15) is 5.10 Å². The lowest BCUT2D eigenvalue weighted by atomic mass is 9.79. The van der Waals surface area contributed by atoms with E-state index in [9.17, 15) is 13.9 Å². The van der Waals surface area contributed by atoms with Gasteiger partial charge in [-0.3, -0.25) is 4.98 Å². The number of aliphatic hydroxyl groups is 1. The van der Waals surface area contributed by atoms with Gasteiger partial charge in [0.05, 0.1) is 24.8 Å². The van der Waals surface area contributed by atoms with Crippen molar-refractivity contribution in [2.24, 2.45) is 0 Å².